The van der Waals surface area contributed by atoms with Gasteiger partial charge in [0.2, 0.25) is 0 Å². The second kappa shape index (κ2) is 6.65. The van der Waals surface area contributed by atoms with Gasteiger partial charge < -0.3 is 19.8 Å². The quantitative estimate of drug-likeness (QED) is 0.366. The van der Waals surface area contributed by atoms with Crippen LogP contribution in [0.3, 0.4) is 0 Å². The topological polar surface area (TPSA) is 106 Å². The fourth-order valence-electron chi connectivity index (χ4n) is 2.31. The van der Waals surface area contributed by atoms with Gasteiger partial charge in [-0.05, 0) is 36.2 Å². The number of carbonyl (C=O) groups excluding carboxylic acids is 1. The number of furan rings is 1. The highest BCUT2D eigenvalue weighted by Crippen LogP contribution is 2.22. The average Bonchev–Trinajstić information content (AvgIpc) is 3.20. The number of hydrogen-bond donors (Lipinski definition) is 1. The molecule has 1 aliphatic heterocycles. The van der Waals surface area contributed by atoms with E-state index < -0.39 is 10.7 Å². The van der Waals surface area contributed by atoms with Crippen LogP contribution in [0.25, 0.3) is 6.08 Å². The number of nitrogens with zero attached hydrogens (tertiary/aromatic N) is 4. The normalized spacial score (nSPS) is 15.9. The van der Waals surface area contributed by atoms with Crippen molar-refractivity contribution in [2.24, 2.45) is 0 Å². The van der Waals surface area contributed by atoms with Crippen molar-refractivity contribution in [1.29, 1.82) is 0 Å². The van der Waals surface area contributed by atoms with Crippen LogP contribution in [0.2, 0.25) is 5.02 Å². The number of nitro groups is 1. The van der Waals surface area contributed by atoms with Crippen molar-refractivity contribution >= 4 is 46.7 Å². The van der Waals surface area contributed by atoms with Gasteiger partial charge in [0.1, 0.15) is 23.8 Å². The van der Waals surface area contributed by atoms with Gasteiger partial charge in [-0.3, -0.25) is 9.69 Å². The molecule has 1 fully saturated rings. The van der Waals surface area contributed by atoms with E-state index in [2.05, 4.69) is 10.4 Å². The van der Waals surface area contributed by atoms with Gasteiger partial charge in [0.25, 0.3) is 5.91 Å². The number of rotatable bonds is 5. The van der Waals surface area contributed by atoms with Gasteiger partial charge in [0, 0.05) is 12.6 Å². The SMILES string of the molecule is CCN1C(=O)/C(=C\c2ccc(Cn3cc(Cl)c([N+](=O)[O-])n3)o2)NC1=S. The summed E-state index contributed by atoms with van der Waals surface area (Å²) in [5.41, 5.74) is 0.325. The molecule has 130 valence electrons. The van der Waals surface area contributed by atoms with Crippen LogP contribution in [0.4, 0.5) is 5.82 Å². The summed E-state index contributed by atoms with van der Waals surface area (Å²) in [5.74, 6) is 0.310. The Balaban J connectivity index is 1.76. The first kappa shape index (κ1) is 17.1. The lowest BCUT2D eigenvalue weighted by atomic mass is 10.3. The summed E-state index contributed by atoms with van der Waals surface area (Å²) in [6.07, 6.45) is 2.90. The fraction of sp³-hybridized carbons (Fsp3) is 0.214. The van der Waals surface area contributed by atoms with Crippen LogP contribution in [0.1, 0.15) is 18.4 Å². The monoisotopic (exact) mass is 381 g/mol. The smallest absolute Gasteiger partial charge is 0.408 e. The van der Waals surface area contributed by atoms with Gasteiger partial charge >= 0.3 is 5.82 Å². The van der Waals surface area contributed by atoms with Gasteiger partial charge in [0.15, 0.2) is 10.1 Å². The minimum atomic E-state index is -0.656. The number of aromatic nitrogens is 2. The second-order valence-electron chi connectivity index (χ2n) is 5.10. The highest BCUT2D eigenvalue weighted by molar-refractivity contribution is 7.80. The first-order chi connectivity index (χ1) is 11.9. The zero-order valence-corrected chi connectivity index (χ0v) is 14.5. The molecule has 2 aromatic heterocycles. The first-order valence-electron chi connectivity index (χ1n) is 7.19. The lowest BCUT2D eigenvalue weighted by Gasteiger charge is -2.08. The summed E-state index contributed by atoms with van der Waals surface area (Å²) >= 11 is 10.8. The van der Waals surface area contributed by atoms with E-state index in [1.807, 2.05) is 6.92 Å². The summed E-state index contributed by atoms with van der Waals surface area (Å²) in [4.78, 5) is 23.7. The molecule has 0 aliphatic carbocycles. The Morgan fingerprint density at radius 1 is 1.52 bits per heavy atom. The van der Waals surface area contributed by atoms with Crippen LogP contribution in [-0.4, -0.2) is 37.2 Å². The number of amides is 1. The van der Waals surface area contributed by atoms with Gasteiger partial charge in [-0.2, -0.15) is 4.68 Å². The zero-order valence-electron chi connectivity index (χ0n) is 12.9. The number of carbonyl (C=O) groups is 1. The third-order valence-electron chi connectivity index (χ3n) is 3.44. The maximum absolute atomic E-state index is 12.1. The number of halogens is 1. The van der Waals surface area contributed by atoms with Crippen molar-refractivity contribution in [2.45, 2.75) is 13.5 Å². The molecule has 1 saturated heterocycles. The molecular formula is C14H12ClN5O4S. The van der Waals surface area contributed by atoms with Crippen molar-refractivity contribution in [1.82, 2.24) is 20.0 Å². The maximum atomic E-state index is 12.1. The molecule has 0 saturated carbocycles. The van der Waals surface area contributed by atoms with E-state index in [1.54, 1.807) is 18.2 Å². The summed E-state index contributed by atoms with van der Waals surface area (Å²) in [6, 6.07) is 3.36. The maximum Gasteiger partial charge on any atom is 0.408 e. The van der Waals surface area contributed by atoms with Gasteiger partial charge in [-0.1, -0.05) is 11.6 Å². The average molecular weight is 382 g/mol. The minimum absolute atomic E-state index is 0.0483. The van der Waals surface area contributed by atoms with Crippen molar-refractivity contribution in [3.05, 3.63) is 50.7 Å². The van der Waals surface area contributed by atoms with Crippen LogP contribution in [-0.2, 0) is 11.3 Å². The predicted molar refractivity (Wildman–Crippen MR) is 92.8 cm³/mol. The standard InChI is InChI=1S/C14H12ClN5O4S/c1-2-19-13(21)11(16-14(19)25)5-8-3-4-9(24-8)6-18-7-10(15)12(17-18)20(22)23/h3-5,7H,2,6H2,1H3,(H,16,25)/b11-5+. The van der Waals surface area contributed by atoms with Gasteiger partial charge in [-0.15, -0.1) is 0 Å². The highest BCUT2D eigenvalue weighted by atomic mass is 35.5. The predicted octanol–water partition coefficient (Wildman–Crippen LogP) is 2.16. The summed E-state index contributed by atoms with van der Waals surface area (Å²) in [5, 5.41) is 17.7. The van der Waals surface area contributed by atoms with E-state index in [1.165, 1.54) is 15.8 Å². The zero-order chi connectivity index (χ0) is 18.1. The molecule has 1 amide bonds. The van der Waals surface area contributed by atoms with Crippen molar-refractivity contribution < 1.29 is 14.1 Å². The van der Waals surface area contributed by atoms with Crippen LogP contribution in [0.5, 0.6) is 0 Å². The Kier molecular flexibility index (Phi) is 4.55. The Morgan fingerprint density at radius 3 is 2.88 bits per heavy atom. The van der Waals surface area contributed by atoms with Crippen molar-refractivity contribution in [3.63, 3.8) is 0 Å². The molecule has 25 heavy (non-hydrogen) atoms. The lowest BCUT2D eigenvalue weighted by molar-refractivity contribution is -0.389. The van der Waals surface area contributed by atoms with Crippen LogP contribution in [0, 0.1) is 10.1 Å². The molecule has 0 aromatic carbocycles. The molecule has 1 aliphatic rings. The molecule has 2 aromatic rings. The molecule has 11 heteroatoms. The van der Waals surface area contributed by atoms with E-state index >= 15 is 0 Å². The Labute approximate surface area is 152 Å². The summed E-state index contributed by atoms with van der Waals surface area (Å²) in [6.45, 7) is 2.47. The number of hydrogen-bond acceptors (Lipinski definition) is 6. The van der Waals surface area contributed by atoms with E-state index in [4.69, 9.17) is 28.2 Å². The molecular weight excluding hydrogens is 370 g/mol. The van der Waals surface area contributed by atoms with Crippen LogP contribution >= 0.6 is 23.8 Å². The highest BCUT2D eigenvalue weighted by Gasteiger charge is 2.29. The Hall–Kier alpha value is -2.72. The van der Waals surface area contributed by atoms with Crippen LogP contribution in [0.15, 0.2) is 28.4 Å². The third kappa shape index (κ3) is 3.39. The molecule has 0 spiro atoms. The lowest BCUT2D eigenvalue weighted by Crippen LogP contribution is -2.30. The largest absolute Gasteiger partial charge is 0.460 e. The Morgan fingerprint density at radius 2 is 2.28 bits per heavy atom. The summed E-state index contributed by atoms with van der Waals surface area (Å²) < 4.78 is 6.92. The van der Waals surface area contributed by atoms with Crippen molar-refractivity contribution in [2.75, 3.05) is 6.54 Å². The molecule has 3 heterocycles. The molecule has 3 rings (SSSR count). The van der Waals surface area contributed by atoms with E-state index in [-0.39, 0.29) is 17.5 Å². The number of likely N-dealkylation sites (N-methyl/N-ethyl adjacent to an activating group) is 1. The number of nitrogens with one attached hydrogen (secondary N) is 1. The third-order valence-corrected chi connectivity index (χ3v) is 4.03. The Bertz CT molecular complexity index is 903. The van der Waals surface area contributed by atoms with E-state index in [0.29, 0.717) is 28.9 Å². The van der Waals surface area contributed by atoms with E-state index in [9.17, 15) is 14.9 Å². The first-order valence-corrected chi connectivity index (χ1v) is 7.98. The van der Waals surface area contributed by atoms with Crippen LogP contribution < -0.4 is 5.32 Å². The van der Waals surface area contributed by atoms with Crippen molar-refractivity contribution in [3.8, 4) is 0 Å². The molecule has 9 nitrogen and oxygen atoms in total. The van der Waals surface area contributed by atoms with E-state index in [0.717, 1.165) is 0 Å². The van der Waals surface area contributed by atoms with Gasteiger partial charge in [-0.25, -0.2) is 0 Å². The molecule has 1 N–H and O–H groups in total. The number of thiocarbonyl (C=S) groups is 1. The van der Waals surface area contributed by atoms with Gasteiger partial charge in [0.05, 0.1) is 11.3 Å². The molecule has 0 unspecified atom stereocenters. The molecule has 0 atom stereocenters. The second-order valence-corrected chi connectivity index (χ2v) is 5.89. The summed E-state index contributed by atoms with van der Waals surface area (Å²) in [7, 11) is 0. The molecule has 0 radical (unpaired) electrons. The fourth-order valence-corrected chi connectivity index (χ4v) is 2.85. The molecule has 0 bridgehead atoms. The minimum Gasteiger partial charge on any atom is -0.460 e.